The number of hydrogen-bond donors (Lipinski definition) is 1. The molecule has 0 saturated heterocycles. The highest BCUT2D eigenvalue weighted by Crippen LogP contribution is 2.16. The molecule has 0 bridgehead atoms. The fraction of sp³-hybridized carbons (Fsp3) is 0.417. The average molecular weight is 268 g/mol. The van der Waals surface area contributed by atoms with Gasteiger partial charge in [0, 0.05) is 10.6 Å². The summed E-state index contributed by atoms with van der Waals surface area (Å²) in [6, 6.07) is 5.71. The monoisotopic (exact) mass is 268 g/mol. The second-order valence-corrected chi connectivity index (χ2v) is 3.69. The molecule has 0 amide bonds. The van der Waals surface area contributed by atoms with Crippen LogP contribution in [0, 0.1) is 10.1 Å². The molecule has 1 atom stereocenters. The first kappa shape index (κ1) is 14.7. The molecule has 0 aromatic heterocycles. The molecule has 0 fully saturated rings. The smallest absolute Gasteiger partial charge is 0.335 e. The van der Waals surface area contributed by atoms with Gasteiger partial charge in [0.25, 0.3) is 0 Å². The number of nitrogens with one attached hydrogen (secondary N) is 1. The van der Waals surface area contributed by atoms with Crippen molar-refractivity contribution in [2.24, 2.45) is 0 Å². The third-order valence-corrected chi connectivity index (χ3v) is 2.33. The molecule has 1 rings (SSSR count). The van der Waals surface area contributed by atoms with Crippen LogP contribution in [0.2, 0.25) is 0 Å². The summed E-state index contributed by atoms with van der Waals surface area (Å²) in [7, 11) is 1.54. The summed E-state index contributed by atoms with van der Waals surface area (Å²) in [5.41, 5.74) is 0.584. The highest BCUT2D eigenvalue weighted by Gasteiger charge is 2.25. The maximum atomic E-state index is 11.6. The van der Waals surface area contributed by atoms with Gasteiger partial charge in [0.1, 0.15) is 5.75 Å². The molecule has 0 heterocycles. The fourth-order valence-electron chi connectivity index (χ4n) is 1.46. The summed E-state index contributed by atoms with van der Waals surface area (Å²) in [4.78, 5) is 21.6. The molecule has 0 aliphatic carbocycles. The molecule has 19 heavy (non-hydrogen) atoms. The summed E-state index contributed by atoms with van der Waals surface area (Å²) < 4.78 is 9.79. The minimum Gasteiger partial charge on any atom is -0.497 e. The Hall–Kier alpha value is -2.31. The maximum absolute atomic E-state index is 11.6. The van der Waals surface area contributed by atoms with Crippen molar-refractivity contribution in [1.82, 2.24) is 0 Å². The van der Waals surface area contributed by atoms with E-state index in [4.69, 9.17) is 9.47 Å². The summed E-state index contributed by atoms with van der Waals surface area (Å²) >= 11 is 0. The van der Waals surface area contributed by atoms with E-state index < -0.39 is 23.5 Å². The first-order valence-corrected chi connectivity index (χ1v) is 5.75. The largest absolute Gasteiger partial charge is 0.497 e. The molecular weight excluding hydrogens is 252 g/mol. The molecule has 0 radical (unpaired) electrons. The average Bonchev–Trinajstić information content (AvgIpc) is 2.38. The van der Waals surface area contributed by atoms with Crippen LogP contribution in [-0.4, -0.2) is 37.2 Å². The van der Waals surface area contributed by atoms with E-state index in [9.17, 15) is 14.9 Å². The number of carbonyl (C=O) groups is 1. The zero-order valence-electron chi connectivity index (χ0n) is 10.8. The van der Waals surface area contributed by atoms with E-state index in [1.54, 1.807) is 31.2 Å². The standard InChI is InChI=1S/C12H16N2O5/c1-3-19-12(15)11(8-14(16)17)13-9-4-6-10(18-2)7-5-9/h4-7,11,13H,3,8H2,1-2H3/t11-/m0/s1. The SMILES string of the molecule is CCOC(=O)[C@H](C[N+](=O)[O-])Nc1ccc(OC)cc1. The molecule has 7 nitrogen and oxygen atoms in total. The molecule has 1 aromatic rings. The topological polar surface area (TPSA) is 90.7 Å². The van der Waals surface area contributed by atoms with Gasteiger partial charge in [0.15, 0.2) is 6.04 Å². The molecule has 0 aliphatic heterocycles. The van der Waals surface area contributed by atoms with Crippen molar-refractivity contribution in [2.45, 2.75) is 13.0 Å². The Bertz CT molecular complexity index is 432. The second kappa shape index (κ2) is 7.20. The van der Waals surface area contributed by atoms with Gasteiger partial charge in [-0.15, -0.1) is 0 Å². The number of carbonyl (C=O) groups excluding carboxylic acids is 1. The van der Waals surface area contributed by atoms with Crippen molar-refractivity contribution < 1.29 is 19.2 Å². The first-order valence-electron chi connectivity index (χ1n) is 5.75. The van der Waals surface area contributed by atoms with Gasteiger partial charge in [-0.25, -0.2) is 4.79 Å². The molecule has 104 valence electrons. The lowest BCUT2D eigenvalue weighted by atomic mass is 10.2. The van der Waals surface area contributed by atoms with Gasteiger partial charge in [-0.2, -0.15) is 0 Å². The van der Waals surface area contributed by atoms with Crippen molar-refractivity contribution >= 4 is 11.7 Å². The predicted octanol–water partition coefficient (Wildman–Crippen LogP) is 1.32. The van der Waals surface area contributed by atoms with E-state index in [1.807, 2.05) is 0 Å². The molecule has 0 aliphatic rings. The number of methoxy groups -OCH3 is 1. The summed E-state index contributed by atoms with van der Waals surface area (Å²) in [5.74, 6) is 0.0162. The normalized spacial score (nSPS) is 11.5. The maximum Gasteiger partial charge on any atom is 0.335 e. The highest BCUT2D eigenvalue weighted by atomic mass is 16.6. The van der Waals surface area contributed by atoms with E-state index in [2.05, 4.69) is 5.32 Å². The quantitative estimate of drug-likeness (QED) is 0.455. The van der Waals surface area contributed by atoms with Gasteiger partial charge in [-0.05, 0) is 31.2 Å². The van der Waals surface area contributed by atoms with E-state index in [0.29, 0.717) is 11.4 Å². The van der Waals surface area contributed by atoms with Gasteiger partial charge in [-0.1, -0.05) is 0 Å². The zero-order valence-corrected chi connectivity index (χ0v) is 10.8. The Balaban J connectivity index is 2.74. The van der Waals surface area contributed by atoms with Crippen molar-refractivity contribution in [3.8, 4) is 5.75 Å². The van der Waals surface area contributed by atoms with Crippen LogP contribution in [0.4, 0.5) is 5.69 Å². The lowest BCUT2D eigenvalue weighted by molar-refractivity contribution is -0.480. The number of esters is 1. The Morgan fingerprint density at radius 2 is 2.05 bits per heavy atom. The van der Waals surface area contributed by atoms with Crippen LogP contribution in [0.5, 0.6) is 5.75 Å². The molecule has 0 spiro atoms. The Morgan fingerprint density at radius 1 is 1.42 bits per heavy atom. The Morgan fingerprint density at radius 3 is 2.53 bits per heavy atom. The zero-order chi connectivity index (χ0) is 14.3. The van der Waals surface area contributed by atoms with E-state index >= 15 is 0 Å². The van der Waals surface area contributed by atoms with E-state index in [-0.39, 0.29) is 6.61 Å². The lowest BCUT2D eigenvalue weighted by Crippen LogP contribution is -2.37. The summed E-state index contributed by atoms with van der Waals surface area (Å²) in [6.07, 6.45) is 0. The van der Waals surface area contributed by atoms with Crippen LogP contribution in [0.1, 0.15) is 6.92 Å². The molecular formula is C12H16N2O5. The minimum atomic E-state index is -1.01. The number of benzene rings is 1. The van der Waals surface area contributed by atoms with Gasteiger partial charge in [0.2, 0.25) is 6.54 Å². The van der Waals surface area contributed by atoms with Crippen LogP contribution < -0.4 is 10.1 Å². The van der Waals surface area contributed by atoms with Gasteiger partial charge in [0.05, 0.1) is 13.7 Å². The Kier molecular flexibility index (Phi) is 5.59. The van der Waals surface area contributed by atoms with Crippen LogP contribution in [-0.2, 0) is 9.53 Å². The third-order valence-electron chi connectivity index (χ3n) is 2.33. The first-order chi connectivity index (χ1) is 9.06. The molecule has 1 aromatic carbocycles. The summed E-state index contributed by atoms with van der Waals surface area (Å²) in [6.45, 7) is 1.29. The van der Waals surface area contributed by atoms with Crippen LogP contribution in [0.3, 0.4) is 0 Å². The number of nitrogens with zero attached hydrogens (tertiary/aromatic N) is 1. The van der Waals surface area contributed by atoms with Crippen LogP contribution >= 0.6 is 0 Å². The van der Waals surface area contributed by atoms with Gasteiger partial charge in [-0.3, -0.25) is 10.1 Å². The number of hydrogen-bond acceptors (Lipinski definition) is 6. The minimum absolute atomic E-state index is 0.178. The molecule has 7 heteroatoms. The van der Waals surface area contributed by atoms with Gasteiger partial charge >= 0.3 is 5.97 Å². The number of ether oxygens (including phenoxy) is 2. The highest BCUT2D eigenvalue weighted by molar-refractivity contribution is 5.79. The van der Waals surface area contributed by atoms with E-state index in [0.717, 1.165) is 0 Å². The van der Waals surface area contributed by atoms with Crippen molar-refractivity contribution in [3.63, 3.8) is 0 Å². The lowest BCUT2D eigenvalue weighted by Gasteiger charge is -2.15. The van der Waals surface area contributed by atoms with Crippen molar-refractivity contribution in [2.75, 3.05) is 25.6 Å². The third kappa shape index (κ3) is 4.82. The van der Waals surface area contributed by atoms with Crippen molar-refractivity contribution in [1.29, 1.82) is 0 Å². The number of rotatable bonds is 7. The summed E-state index contributed by atoms with van der Waals surface area (Å²) in [5, 5.41) is 13.3. The number of nitro groups is 1. The van der Waals surface area contributed by atoms with Crippen molar-refractivity contribution in [3.05, 3.63) is 34.4 Å². The van der Waals surface area contributed by atoms with Crippen LogP contribution in [0.25, 0.3) is 0 Å². The molecule has 0 saturated carbocycles. The van der Waals surface area contributed by atoms with Gasteiger partial charge < -0.3 is 14.8 Å². The van der Waals surface area contributed by atoms with E-state index in [1.165, 1.54) is 7.11 Å². The molecule has 0 unspecified atom stereocenters. The predicted molar refractivity (Wildman–Crippen MR) is 68.9 cm³/mol. The second-order valence-electron chi connectivity index (χ2n) is 3.69. The fourth-order valence-corrected chi connectivity index (χ4v) is 1.46. The van der Waals surface area contributed by atoms with Crippen LogP contribution in [0.15, 0.2) is 24.3 Å². The Labute approximate surface area is 110 Å². The number of anilines is 1. The molecule has 1 N–H and O–H groups in total.